The molecule has 0 heterocycles. The fraction of sp³-hybridized carbons (Fsp3) is 0.211. The molecule has 0 aromatic heterocycles. The lowest BCUT2D eigenvalue weighted by molar-refractivity contribution is 0.0934. The topological polar surface area (TPSA) is 70.2 Å². The fourth-order valence-corrected chi connectivity index (χ4v) is 2.67. The van der Waals surface area contributed by atoms with Gasteiger partial charge in [-0.25, -0.2) is 0 Å². The van der Waals surface area contributed by atoms with E-state index in [4.69, 9.17) is 12.2 Å². The Bertz CT molecular complexity index is 835. The summed E-state index contributed by atoms with van der Waals surface area (Å²) < 4.78 is 0.839. The van der Waals surface area contributed by atoms with Crippen LogP contribution in [0.1, 0.15) is 51.6 Å². The monoisotopic (exact) mass is 433 g/mol. The molecule has 0 aliphatic heterocycles. The second-order valence-electron chi connectivity index (χ2n) is 6.10. The number of nitrogens with one attached hydrogen (secondary N) is 3. The molecule has 2 amide bonds. The van der Waals surface area contributed by atoms with Crippen LogP contribution in [0.15, 0.2) is 46.9 Å². The average Bonchev–Trinajstić information content (AvgIpc) is 2.62. The molecule has 0 saturated heterocycles. The number of carbonyl (C=O) groups is 2. The summed E-state index contributed by atoms with van der Waals surface area (Å²) in [7, 11) is 0. The molecule has 3 N–H and O–H groups in total. The first kappa shape index (κ1) is 20.1. The van der Waals surface area contributed by atoms with Crippen molar-refractivity contribution in [3.63, 3.8) is 0 Å². The third-order valence-electron chi connectivity index (χ3n) is 3.79. The van der Waals surface area contributed by atoms with Crippen molar-refractivity contribution in [1.82, 2.24) is 16.2 Å². The molecule has 2 aromatic carbocycles. The van der Waals surface area contributed by atoms with Gasteiger partial charge in [0.2, 0.25) is 0 Å². The Morgan fingerprint density at radius 2 is 1.58 bits per heavy atom. The van der Waals surface area contributed by atoms with Crippen LogP contribution in [0.25, 0.3) is 0 Å². The van der Waals surface area contributed by atoms with Gasteiger partial charge in [0.05, 0.1) is 0 Å². The smallest absolute Gasteiger partial charge is 0.269 e. The van der Waals surface area contributed by atoms with Gasteiger partial charge in [0.15, 0.2) is 5.11 Å². The van der Waals surface area contributed by atoms with E-state index in [1.54, 1.807) is 24.3 Å². The predicted octanol–water partition coefficient (Wildman–Crippen LogP) is 3.83. The van der Waals surface area contributed by atoms with Gasteiger partial charge in [-0.05, 0) is 60.5 Å². The fourth-order valence-electron chi connectivity index (χ4n) is 2.15. The highest BCUT2D eigenvalue weighted by atomic mass is 79.9. The summed E-state index contributed by atoms with van der Waals surface area (Å²) in [6.45, 7) is 6.11. The van der Waals surface area contributed by atoms with Crippen LogP contribution in [-0.2, 0) is 0 Å². The van der Waals surface area contributed by atoms with Crippen molar-refractivity contribution in [1.29, 1.82) is 0 Å². The number of thiocarbonyl (C=S) groups is 1. The second kappa shape index (κ2) is 8.91. The van der Waals surface area contributed by atoms with E-state index >= 15 is 0 Å². The van der Waals surface area contributed by atoms with Gasteiger partial charge in [-0.15, -0.1) is 0 Å². The van der Waals surface area contributed by atoms with Gasteiger partial charge in [0, 0.05) is 15.6 Å². The first-order valence-electron chi connectivity index (χ1n) is 8.05. The second-order valence-corrected chi connectivity index (χ2v) is 7.37. The normalized spacial score (nSPS) is 10.3. The molecule has 0 saturated carbocycles. The molecular formula is C19H20BrN3O2S. The van der Waals surface area contributed by atoms with Crippen molar-refractivity contribution in [3.05, 3.63) is 69.2 Å². The lowest BCUT2D eigenvalue weighted by atomic mass is 10.0. The largest absolute Gasteiger partial charge is 0.298 e. The van der Waals surface area contributed by atoms with Crippen molar-refractivity contribution in [2.75, 3.05) is 0 Å². The predicted molar refractivity (Wildman–Crippen MR) is 110 cm³/mol. The van der Waals surface area contributed by atoms with E-state index < -0.39 is 0 Å². The Labute approximate surface area is 166 Å². The molecule has 0 unspecified atom stereocenters. The summed E-state index contributed by atoms with van der Waals surface area (Å²) >= 11 is 8.43. The van der Waals surface area contributed by atoms with Crippen molar-refractivity contribution in [3.8, 4) is 0 Å². The zero-order valence-corrected chi connectivity index (χ0v) is 17.1. The molecule has 0 fully saturated rings. The molecule has 136 valence electrons. The van der Waals surface area contributed by atoms with E-state index in [1.807, 2.05) is 25.1 Å². The van der Waals surface area contributed by atoms with Crippen LogP contribution < -0.4 is 16.2 Å². The van der Waals surface area contributed by atoms with Gasteiger partial charge in [0.1, 0.15) is 0 Å². The van der Waals surface area contributed by atoms with Crippen LogP contribution in [0.4, 0.5) is 0 Å². The highest BCUT2D eigenvalue weighted by Gasteiger charge is 2.11. The molecule has 0 spiro atoms. The first-order valence-corrected chi connectivity index (χ1v) is 9.26. The van der Waals surface area contributed by atoms with Crippen LogP contribution in [-0.4, -0.2) is 16.9 Å². The number of hydrazine groups is 1. The number of rotatable bonds is 3. The number of halogens is 1. The van der Waals surface area contributed by atoms with Gasteiger partial charge in [-0.2, -0.15) is 0 Å². The first-order chi connectivity index (χ1) is 12.3. The van der Waals surface area contributed by atoms with Crippen LogP contribution in [0.3, 0.4) is 0 Å². The number of carbonyl (C=O) groups excluding carboxylic acids is 2. The molecule has 26 heavy (non-hydrogen) atoms. The highest BCUT2D eigenvalue weighted by Crippen LogP contribution is 2.17. The molecular weight excluding hydrogens is 414 g/mol. The molecule has 2 aromatic rings. The molecule has 2 rings (SSSR count). The van der Waals surface area contributed by atoms with Crippen molar-refractivity contribution in [2.45, 2.75) is 26.7 Å². The Kier molecular flexibility index (Phi) is 6.88. The van der Waals surface area contributed by atoms with E-state index in [-0.39, 0.29) is 16.9 Å². The maximum absolute atomic E-state index is 12.2. The Balaban J connectivity index is 1.88. The van der Waals surface area contributed by atoms with Gasteiger partial charge >= 0.3 is 0 Å². The Morgan fingerprint density at radius 3 is 2.15 bits per heavy atom. The number of amides is 2. The lowest BCUT2D eigenvalue weighted by Crippen LogP contribution is -2.48. The molecule has 0 radical (unpaired) electrons. The van der Waals surface area contributed by atoms with Gasteiger partial charge in [0.25, 0.3) is 11.8 Å². The maximum atomic E-state index is 12.2. The van der Waals surface area contributed by atoms with Crippen LogP contribution in [0.5, 0.6) is 0 Å². The molecule has 0 aliphatic carbocycles. The number of benzene rings is 2. The molecule has 5 nitrogen and oxygen atoms in total. The van der Waals surface area contributed by atoms with E-state index in [0.29, 0.717) is 17.0 Å². The van der Waals surface area contributed by atoms with Crippen LogP contribution >= 0.6 is 28.1 Å². The van der Waals surface area contributed by atoms with Crippen molar-refractivity contribution < 1.29 is 9.59 Å². The summed E-state index contributed by atoms with van der Waals surface area (Å²) in [5, 5.41) is 2.55. The third-order valence-corrected chi connectivity index (χ3v) is 4.85. The standard InChI is InChI=1S/C19H20BrN3O2S/c1-11(2)13-6-8-14(9-7-13)17(24)21-19(26)23-22-18(25)15-5-4-12(3)16(20)10-15/h4-11H,1-3H3,(H,22,25)(H2,21,23,24,26). The minimum Gasteiger partial charge on any atom is -0.298 e. The molecule has 0 aliphatic rings. The lowest BCUT2D eigenvalue weighted by Gasteiger charge is -2.12. The van der Waals surface area contributed by atoms with Crippen molar-refractivity contribution >= 4 is 45.1 Å². The number of hydrogen-bond donors (Lipinski definition) is 3. The summed E-state index contributed by atoms with van der Waals surface area (Å²) in [4.78, 5) is 24.3. The average molecular weight is 434 g/mol. The van der Waals surface area contributed by atoms with E-state index in [9.17, 15) is 9.59 Å². The molecule has 0 atom stereocenters. The van der Waals surface area contributed by atoms with E-state index in [2.05, 4.69) is 45.9 Å². The van der Waals surface area contributed by atoms with Gasteiger partial charge in [-0.3, -0.25) is 25.8 Å². The van der Waals surface area contributed by atoms with Gasteiger partial charge < -0.3 is 0 Å². The van der Waals surface area contributed by atoms with Crippen LogP contribution in [0.2, 0.25) is 0 Å². The maximum Gasteiger partial charge on any atom is 0.269 e. The number of aryl methyl sites for hydroxylation is 1. The summed E-state index contributed by atoms with van der Waals surface area (Å²) in [5.74, 6) is -0.305. The zero-order valence-electron chi connectivity index (χ0n) is 14.7. The molecule has 0 bridgehead atoms. The van der Waals surface area contributed by atoms with E-state index in [0.717, 1.165) is 15.6 Å². The summed E-state index contributed by atoms with van der Waals surface area (Å²) in [6.07, 6.45) is 0. The minimum absolute atomic E-state index is 0.0162. The van der Waals surface area contributed by atoms with E-state index in [1.165, 1.54) is 0 Å². The summed E-state index contributed by atoms with van der Waals surface area (Å²) in [5.41, 5.74) is 8.13. The summed E-state index contributed by atoms with van der Waals surface area (Å²) in [6, 6.07) is 12.6. The highest BCUT2D eigenvalue weighted by molar-refractivity contribution is 9.10. The van der Waals surface area contributed by atoms with Crippen molar-refractivity contribution in [2.24, 2.45) is 0 Å². The van der Waals surface area contributed by atoms with Gasteiger partial charge in [-0.1, -0.05) is 48.0 Å². The minimum atomic E-state index is -0.358. The third kappa shape index (κ3) is 5.37. The quantitative estimate of drug-likeness (QED) is 0.508. The Morgan fingerprint density at radius 1 is 0.962 bits per heavy atom. The number of hydrogen-bond acceptors (Lipinski definition) is 3. The Hall–Kier alpha value is -2.25. The molecule has 7 heteroatoms. The SMILES string of the molecule is Cc1ccc(C(=O)NNC(=S)NC(=O)c2ccc(C(C)C)cc2)cc1Br. The van der Waals surface area contributed by atoms with Crippen LogP contribution in [0, 0.1) is 6.92 Å². The zero-order chi connectivity index (χ0) is 19.3.